The molecule has 17 heavy (non-hydrogen) atoms. The molecule has 0 radical (unpaired) electrons. The molecule has 2 N–H and O–H groups in total. The summed E-state index contributed by atoms with van der Waals surface area (Å²) in [6.07, 6.45) is 3.93. The van der Waals surface area contributed by atoms with E-state index >= 15 is 0 Å². The minimum absolute atomic E-state index is 0.0887. The molecule has 2 rings (SSSR count). The van der Waals surface area contributed by atoms with Crippen molar-refractivity contribution in [3.8, 4) is 5.75 Å². The Labute approximate surface area is 102 Å². The van der Waals surface area contributed by atoms with Gasteiger partial charge in [-0.25, -0.2) is 0 Å². The van der Waals surface area contributed by atoms with Crippen molar-refractivity contribution in [2.45, 2.75) is 25.9 Å². The molecule has 0 aliphatic carbocycles. The molecule has 0 aliphatic heterocycles. The van der Waals surface area contributed by atoms with E-state index < -0.39 is 0 Å². The zero-order valence-electron chi connectivity index (χ0n) is 10.1. The summed E-state index contributed by atoms with van der Waals surface area (Å²) in [5.41, 5.74) is 6.67. The van der Waals surface area contributed by atoms with Gasteiger partial charge < -0.3 is 10.5 Å². The van der Waals surface area contributed by atoms with Crippen molar-refractivity contribution in [2.24, 2.45) is 5.73 Å². The van der Waals surface area contributed by atoms with Crippen LogP contribution >= 0.6 is 0 Å². The normalized spacial score (nSPS) is 12.6. The number of benzene rings is 1. The summed E-state index contributed by atoms with van der Waals surface area (Å²) in [5.74, 6) is 0.875. The van der Waals surface area contributed by atoms with E-state index in [-0.39, 0.29) is 6.10 Å². The maximum Gasteiger partial charge on any atom is 0.129 e. The van der Waals surface area contributed by atoms with Gasteiger partial charge in [0.05, 0.1) is 5.52 Å². The Morgan fingerprint density at radius 3 is 2.94 bits per heavy atom. The molecule has 1 heterocycles. The molecule has 0 spiro atoms. The van der Waals surface area contributed by atoms with E-state index in [0.29, 0.717) is 6.54 Å². The fourth-order valence-corrected chi connectivity index (χ4v) is 1.90. The average molecular weight is 230 g/mol. The standard InChI is InChI=1S/C14H18N2O/c1-2-5-11(10-15)17-14-8-3-7-13-12(14)6-4-9-16-13/h3-4,6-9,11H,2,5,10,15H2,1H3. The van der Waals surface area contributed by atoms with E-state index in [2.05, 4.69) is 11.9 Å². The maximum atomic E-state index is 5.95. The van der Waals surface area contributed by atoms with Gasteiger partial charge in [-0.15, -0.1) is 0 Å². The average Bonchev–Trinajstić information content (AvgIpc) is 2.38. The molecule has 0 aliphatic rings. The van der Waals surface area contributed by atoms with Crippen molar-refractivity contribution in [2.75, 3.05) is 6.54 Å². The summed E-state index contributed by atoms with van der Waals surface area (Å²) in [7, 11) is 0. The maximum absolute atomic E-state index is 5.95. The Morgan fingerprint density at radius 2 is 2.18 bits per heavy atom. The SMILES string of the molecule is CCCC(CN)Oc1cccc2ncccc12. The first-order valence-electron chi connectivity index (χ1n) is 6.05. The van der Waals surface area contributed by atoms with E-state index in [9.17, 15) is 0 Å². The molecule has 0 amide bonds. The molecule has 90 valence electrons. The van der Waals surface area contributed by atoms with Crippen LogP contribution in [0.5, 0.6) is 5.75 Å². The lowest BCUT2D eigenvalue weighted by Gasteiger charge is -2.17. The molecule has 1 aromatic carbocycles. The summed E-state index contributed by atoms with van der Waals surface area (Å²) in [4.78, 5) is 4.31. The number of nitrogens with zero attached hydrogens (tertiary/aromatic N) is 1. The highest BCUT2D eigenvalue weighted by Gasteiger charge is 2.09. The third kappa shape index (κ3) is 2.74. The Bertz CT molecular complexity index is 479. The van der Waals surface area contributed by atoms with Crippen molar-refractivity contribution >= 4 is 10.9 Å². The van der Waals surface area contributed by atoms with Gasteiger partial charge in [0.15, 0.2) is 0 Å². The Morgan fingerprint density at radius 1 is 1.29 bits per heavy atom. The van der Waals surface area contributed by atoms with E-state index in [4.69, 9.17) is 10.5 Å². The number of aromatic nitrogens is 1. The largest absolute Gasteiger partial charge is 0.488 e. The molecular formula is C14H18N2O. The number of hydrogen-bond donors (Lipinski definition) is 1. The fourth-order valence-electron chi connectivity index (χ4n) is 1.90. The van der Waals surface area contributed by atoms with Crippen LogP contribution < -0.4 is 10.5 Å². The van der Waals surface area contributed by atoms with Crippen LogP contribution in [0, 0.1) is 0 Å². The highest BCUT2D eigenvalue weighted by atomic mass is 16.5. The van der Waals surface area contributed by atoms with Crippen LogP contribution in [0.2, 0.25) is 0 Å². The second-order valence-corrected chi connectivity index (χ2v) is 4.09. The number of fused-ring (bicyclic) bond motifs is 1. The van der Waals surface area contributed by atoms with Crippen LogP contribution in [0.3, 0.4) is 0 Å². The zero-order chi connectivity index (χ0) is 12.1. The first-order valence-corrected chi connectivity index (χ1v) is 6.05. The quantitative estimate of drug-likeness (QED) is 0.859. The minimum atomic E-state index is 0.0887. The molecule has 1 atom stereocenters. The van der Waals surface area contributed by atoms with E-state index in [1.807, 2.05) is 30.3 Å². The highest BCUT2D eigenvalue weighted by Crippen LogP contribution is 2.25. The second-order valence-electron chi connectivity index (χ2n) is 4.09. The molecule has 3 heteroatoms. The molecule has 0 bridgehead atoms. The lowest BCUT2D eigenvalue weighted by Crippen LogP contribution is -2.26. The Kier molecular flexibility index (Phi) is 3.94. The van der Waals surface area contributed by atoms with Crippen molar-refractivity contribution in [1.82, 2.24) is 4.98 Å². The monoisotopic (exact) mass is 230 g/mol. The molecule has 0 saturated heterocycles. The van der Waals surface area contributed by atoms with Gasteiger partial charge in [-0.1, -0.05) is 19.4 Å². The smallest absolute Gasteiger partial charge is 0.129 e. The summed E-state index contributed by atoms with van der Waals surface area (Å²) in [6.45, 7) is 2.68. The number of rotatable bonds is 5. The van der Waals surface area contributed by atoms with E-state index in [0.717, 1.165) is 29.5 Å². The summed E-state index contributed by atoms with van der Waals surface area (Å²) in [6, 6.07) is 9.87. The molecule has 3 nitrogen and oxygen atoms in total. The predicted molar refractivity (Wildman–Crippen MR) is 70.1 cm³/mol. The van der Waals surface area contributed by atoms with Crippen LogP contribution in [0.4, 0.5) is 0 Å². The zero-order valence-corrected chi connectivity index (χ0v) is 10.1. The molecule has 1 unspecified atom stereocenters. The number of nitrogens with two attached hydrogens (primary N) is 1. The molecule has 2 aromatic rings. The highest BCUT2D eigenvalue weighted by molar-refractivity contribution is 5.84. The van der Waals surface area contributed by atoms with E-state index in [1.54, 1.807) is 6.20 Å². The Hall–Kier alpha value is -1.61. The topological polar surface area (TPSA) is 48.1 Å². The van der Waals surface area contributed by atoms with Gasteiger partial charge in [0.1, 0.15) is 11.9 Å². The predicted octanol–water partition coefficient (Wildman–Crippen LogP) is 2.74. The van der Waals surface area contributed by atoms with Gasteiger partial charge >= 0.3 is 0 Å². The van der Waals surface area contributed by atoms with Crippen molar-refractivity contribution < 1.29 is 4.74 Å². The van der Waals surface area contributed by atoms with Crippen LogP contribution in [-0.2, 0) is 0 Å². The van der Waals surface area contributed by atoms with Gasteiger partial charge in [-0.05, 0) is 30.7 Å². The van der Waals surface area contributed by atoms with Crippen LogP contribution in [0.15, 0.2) is 36.5 Å². The van der Waals surface area contributed by atoms with Gasteiger partial charge in [-0.3, -0.25) is 4.98 Å². The Balaban J connectivity index is 2.28. The summed E-state index contributed by atoms with van der Waals surface area (Å²) < 4.78 is 5.95. The first-order chi connectivity index (χ1) is 8.35. The van der Waals surface area contributed by atoms with Crippen LogP contribution in [0.25, 0.3) is 10.9 Å². The van der Waals surface area contributed by atoms with Crippen molar-refractivity contribution in [3.05, 3.63) is 36.5 Å². The van der Waals surface area contributed by atoms with Gasteiger partial charge in [0.2, 0.25) is 0 Å². The molecule has 0 saturated carbocycles. The van der Waals surface area contributed by atoms with Crippen molar-refractivity contribution in [3.63, 3.8) is 0 Å². The number of ether oxygens (including phenoxy) is 1. The van der Waals surface area contributed by atoms with Crippen molar-refractivity contribution in [1.29, 1.82) is 0 Å². The lowest BCUT2D eigenvalue weighted by atomic mass is 10.2. The van der Waals surface area contributed by atoms with Crippen LogP contribution in [0.1, 0.15) is 19.8 Å². The summed E-state index contributed by atoms with van der Waals surface area (Å²) in [5, 5.41) is 1.05. The molecule has 1 aromatic heterocycles. The molecule has 0 fully saturated rings. The van der Waals surface area contributed by atoms with Gasteiger partial charge in [-0.2, -0.15) is 0 Å². The fraction of sp³-hybridized carbons (Fsp3) is 0.357. The third-order valence-electron chi connectivity index (χ3n) is 2.77. The molecular weight excluding hydrogens is 212 g/mol. The van der Waals surface area contributed by atoms with Crippen LogP contribution in [-0.4, -0.2) is 17.6 Å². The third-order valence-corrected chi connectivity index (χ3v) is 2.77. The number of hydrogen-bond acceptors (Lipinski definition) is 3. The van der Waals surface area contributed by atoms with Gasteiger partial charge in [0.25, 0.3) is 0 Å². The first kappa shape index (κ1) is 11.9. The summed E-state index contributed by atoms with van der Waals surface area (Å²) >= 11 is 0. The second kappa shape index (κ2) is 5.64. The lowest BCUT2D eigenvalue weighted by molar-refractivity contribution is 0.200. The van der Waals surface area contributed by atoms with E-state index in [1.165, 1.54) is 0 Å². The number of pyridine rings is 1. The van der Waals surface area contributed by atoms with Gasteiger partial charge in [0, 0.05) is 18.1 Å². The minimum Gasteiger partial charge on any atom is -0.488 e.